The molecule has 0 saturated carbocycles. The summed E-state index contributed by atoms with van der Waals surface area (Å²) in [6, 6.07) is 19.3. The van der Waals surface area contributed by atoms with Gasteiger partial charge in [-0.15, -0.1) is 0 Å². The molecule has 0 atom stereocenters. The van der Waals surface area contributed by atoms with E-state index >= 15 is 0 Å². The van der Waals surface area contributed by atoms with Gasteiger partial charge in [0.25, 0.3) is 0 Å². The number of thioether (sulfide) groups is 1. The number of hydrogen-bond donors (Lipinski definition) is 1. The highest BCUT2D eigenvalue weighted by Gasteiger charge is 2.18. The van der Waals surface area contributed by atoms with Gasteiger partial charge in [-0.05, 0) is 11.1 Å². The summed E-state index contributed by atoms with van der Waals surface area (Å²) in [6.07, 6.45) is -0.605. The van der Waals surface area contributed by atoms with E-state index in [0.29, 0.717) is 12.3 Å². The maximum atomic E-state index is 12.1. The summed E-state index contributed by atoms with van der Waals surface area (Å²) in [5.74, 6) is 0.411. The van der Waals surface area contributed by atoms with Crippen LogP contribution in [0.3, 0.4) is 0 Å². The van der Waals surface area contributed by atoms with Crippen LogP contribution in [0, 0.1) is 0 Å². The Bertz CT molecular complexity index is 664. The van der Waals surface area contributed by atoms with Gasteiger partial charge in [-0.1, -0.05) is 60.7 Å². The summed E-state index contributed by atoms with van der Waals surface area (Å²) in [4.78, 5) is 24.4. The summed E-state index contributed by atoms with van der Waals surface area (Å²) >= 11 is 1.65. The van der Waals surface area contributed by atoms with E-state index in [4.69, 9.17) is 9.84 Å². The van der Waals surface area contributed by atoms with E-state index in [1.54, 1.807) is 11.8 Å². The van der Waals surface area contributed by atoms with Crippen LogP contribution in [0.15, 0.2) is 60.7 Å². The van der Waals surface area contributed by atoms with Crippen LogP contribution >= 0.6 is 11.8 Å². The Balaban J connectivity index is 1.78. The molecule has 2 aromatic rings. The van der Waals surface area contributed by atoms with Crippen LogP contribution in [-0.4, -0.2) is 40.9 Å². The molecule has 6 heteroatoms. The average molecular weight is 359 g/mol. The molecule has 5 nitrogen and oxygen atoms in total. The highest BCUT2D eigenvalue weighted by Crippen LogP contribution is 2.12. The minimum absolute atomic E-state index is 0.132. The minimum Gasteiger partial charge on any atom is -0.480 e. The predicted molar refractivity (Wildman–Crippen MR) is 98.4 cm³/mol. The van der Waals surface area contributed by atoms with E-state index < -0.39 is 12.1 Å². The number of amides is 1. The van der Waals surface area contributed by atoms with E-state index in [0.717, 1.165) is 11.3 Å². The van der Waals surface area contributed by atoms with Gasteiger partial charge in [-0.25, -0.2) is 4.79 Å². The molecule has 2 rings (SSSR count). The van der Waals surface area contributed by atoms with Gasteiger partial charge in [0.05, 0.1) is 0 Å². The van der Waals surface area contributed by atoms with Gasteiger partial charge in [0.1, 0.15) is 13.2 Å². The molecule has 2 aromatic carbocycles. The number of aliphatic carboxylic acids is 1. The van der Waals surface area contributed by atoms with E-state index in [-0.39, 0.29) is 13.2 Å². The summed E-state index contributed by atoms with van der Waals surface area (Å²) < 4.78 is 5.22. The van der Waals surface area contributed by atoms with Crippen LogP contribution in [0.25, 0.3) is 0 Å². The lowest BCUT2D eigenvalue weighted by Crippen LogP contribution is -2.37. The fourth-order valence-electron chi connectivity index (χ4n) is 2.15. The van der Waals surface area contributed by atoms with Crippen molar-refractivity contribution in [2.75, 3.05) is 18.8 Å². The van der Waals surface area contributed by atoms with Crippen molar-refractivity contribution in [2.45, 2.75) is 12.4 Å². The minimum atomic E-state index is -1.05. The van der Waals surface area contributed by atoms with Crippen molar-refractivity contribution in [2.24, 2.45) is 0 Å². The Morgan fingerprint density at radius 1 is 0.960 bits per heavy atom. The molecule has 1 amide bonds. The zero-order valence-corrected chi connectivity index (χ0v) is 14.7. The van der Waals surface area contributed by atoms with Crippen molar-refractivity contribution < 1.29 is 19.4 Å². The Labute approximate surface area is 151 Å². The van der Waals surface area contributed by atoms with Crippen molar-refractivity contribution in [3.63, 3.8) is 0 Å². The number of carboxylic acids is 1. The first-order valence-electron chi connectivity index (χ1n) is 7.94. The molecule has 132 valence electrons. The maximum Gasteiger partial charge on any atom is 0.410 e. The van der Waals surface area contributed by atoms with Crippen molar-refractivity contribution in [1.29, 1.82) is 0 Å². The quantitative estimate of drug-likeness (QED) is 0.692. The third-order valence-electron chi connectivity index (χ3n) is 3.41. The predicted octanol–water partition coefficient (Wildman–Crippen LogP) is 3.64. The SMILES string of the molecule is O=C(O)CN(CCSCc1ccccc1)C(=O)OCc1ccccc1. The molecule has 0 aromatic heterocycles. The third-order valence-corrected chi connectivity index (χ3v) is 4.42. The number of carbonyl (C=O) groups is 2. The number of nitrogens with zero attached hydrogens (tertiary/aromatic N) is 1. The van der Waals surface area contributed by atoms with Gasteiger partial charge >= 0.3 is 12.1 Å². The Morgan fingerprint density at radius 2 is 1.56 bits per heavy atom. The lowest BCUT2D eigenvalue weighted by Gasteiger charge is -2.20. The summed E-state index contributed by atoms with van der Waals surface area (Å²) in [5.41, 5.74) is 2.06. The summed E-state index contributed by atoms with van der Waals surface area (Å²) in [6.45, 7) is 0.101. The first kappa shape index (κ1) is 18.9. The summed E-state index contributed by atoms with van der Waals surface area (Å²) in [5, 5.41) is 9.00. The largest absolute Gasteiger partial charge is 0.480 e. The van der Waals surface area contributed by atoms with Crippen LogP contribution in [0.2, 0.25) is 0 Å². The second-order valence-electron chi connectivity index (χ2n) is 5.39. The Kier molecular flexibility index (Phi) is 7.85. The molecule has 0 unspecified atom stereocenters. The average Bonchev–Trinajstić information content (AvgIpc) is 2.63. The highest BCUT2D eigenvalue weighted by molar-refractivity contribution is 7.98. The third kappa shape index (κ3) is 7.30. The van der Waals surface area contributed by atoms with E-state index in [1.165, 1.54) is 10.5 Å². The normalized spacial score (nSPS) is 10.2. The number of rotatable bonds is 9. The summed E-state index contributed by atoms with van der Waals surface area (Å²) in [7, 11) is 0. The molecule has 0 heterocycles. The Morgan fingerprint density at radius 3 is 2.16 bits per heavy atom. The zero-order valence-electron chi connectivity index (χ0n) is 13.8. The molecule has 0 fully saturated rings. The smallest absolute Gasteiger partial charge is 0.410 e. The lowest BCUT2D eigenvalue weighted by molar-refractivity contribution is -0.137. The van der Waals surface area contributed by atoms with Gasteiger partial charge in [0.15, 0.2) is 0 Å². The first-order chi connectivity index (χ1) is 12.1. The number of carboxylic acid groups (broad SMARTS) is 1. The highest BCUT2D eigenvalue weighted by atomic mass is 32.2. The van der Waals surface area contributed by atoms with Crippen LogP contribution < -0.4 is 0 Å². The Hall–Kier alpha value is -2.47. The molecule has 0 spiro atoms. The number of carbonyl (C=O) groups excluding carboxylic acids is 1. The molecular formula is C19H21NO4S. The lowest BCUT2D eigenvalue weighted by atomic mass is 10.2. The van der Waals surface area contributed by atoms with Crippen LogP contribution in [0.4, 0.5) is 4.79 Å². The van der Waals surface area contributed by atoms with Crippen molar-refractivity contribution >= 4 is 23.8 Å². The molecule has 0 aliphatic carbocycles. The van der Waals surface area contributed by atoms with Crippen molar-refractivity contribution in [3.8, 4) is 0 Å². The van der Waals surface area contributed by atoms with Gasteiger partial charge < -0.3 is 9.84 Å². The van der Waals surface area contributed by atoms with Crippen LogP contribution in [0.5, 0.6) is 0 Å². The molecule has 0 saturated heterocycles. The van der Waals surface area contributed by atoms with E-state index in [1.807, 2.05) is 60.7 Å². The second-order valence-corrected chi connectivity index (χ2v) is 6.50. The second kappa shape index (κ2) is 10.4. The van der Waals surface area contributed by atoms with Crippen molar-refractivity contribution in [1.82, 2.24) is 4.90 Å². The topological polar surface area (TPSA) is 66.8 Å². The fraction of sp³-hybridized carbons (Fsp3) is 0.263. The number of ether oxygens (including phenoxy) is 1. The van der Waals surface area contributed by atoms with Gasteiger partial charge in [-0.3, -0.25) is 9.69 Å². The molecule has 0 aliphatic heterocycles. The molecule has 0 radical (unpaired) electrons. The molecule has 25 heavy (non-hydrogen) atoms. The maximum absolute atomic E-state index is 12.1. The zero-order chi connectivity index (χ0) is 17.9. The van der Waals surface area contributed by atoms with Gasteiger partial charge in [0, 0.05) is 18.1 Å². The van der Waals surface area contributed by atoms with Crippen LogP contribution in [-0.2, 0) is 21.9 Å². The van der Waals surface area contributed by atoms with Crippen LogP contribution in [0.1, 0.15) is 11.1 Å². The molecular weight excluding hydrogens is 338 g/mol. The van der Waals surface area contributed by atoms with E-state index in [2.05, 4.69) is 0 Å². The van der Waals surface area contributed by atoms with E-state index in [9.17, 15) is 9.59 Å². The molecule has 1 N–H and O–H groups in total. The van der Waals surface area contributed by atoms with Crippen molar-refractivity contribution in [3.05, 3.63) is 71.8 Å². The molecule has 0 aliphatic rings. The standard InChI is InChI=1S/C19H21NO4S/c21-18(22)13-20(11-12-25-15-17-9-5-2-6-10-17)19(23)24-14-16-7-3-1-4-8-16/h1-10H,11-15H2,(H,21,22). The number of hydrogen-bond acceptors (Lipinski definition) is 4. The van der Waals surface area contributed by atoms with Gasteiger partial charge in [0.2, 0.25) is 0 Å². The fourth-order valence-corrected chi connectivity index (χ4v) is 3.07. The monoisotopic (exact) mass is 359 g/mol. The van der Waals surface area contributed by atoms with Gasteiger partial charge in [-0.2, -0.15) is 11.8 Å². The molecule has 0 bridgehead atoms. The first-order valence-corrected chi connectivity index (χ1v) is 9.09. The number of benzene rings is 2.